The predicted octanol–water partition coefficient (Wildman–Crippen LogP) is 2.73. The van der Waals surface area contributed by atoms with Crippen molar-refractivity contribution in [3.63, 3.8) is 0 Å². The van der Waals surface area contributed by atoms with E-state index in [1.165, 1.54) is 6.33 Å². The number of nitrogens with zero attached hydrogens (tertiary/aromatic N) is 6. The molecule has 7 nitrogen and oxygen atoms in total. The number of rotatable bonds is 3. The van der Waals surface area contributed by atoms with Crippen LogP contribution in [0, 0.1) is 0 Å². The summed E-state index contributed by atoms with van der Waals surface area (Å²) in [5.74, 6) is 0.171. The van der Waals surface area contributed by atoms with E-state index < -0.39 is 11.6 Å². The molecule has 1 saturated carbocycles. The van der Waals surface area contributed by atoms with Crippen LogP contribution in [0.1, 0.15) is 42.3 Å². The summed E-state index contributed by atoms with van der Waals surface area (Å²) in [5.41, 5.74) is -0.300. The van der Waals surface area contributed by atoms with Crippen molar-refractivity contribution in [2.45, 2.75) is 42.8 Å². The third kappa shape index (κ3) is 3.05. The molecule has 1 atom stereocenters. The topological polar surface area (TPSA) is 67.2 Å². The van der Waals surface area contributed by atoms with Gasteiger partial charge in [-0.15, -0.1) is 10.2 Å². The summed E-state index contributed by atoms with van der Waals surface area (Å²) in [5, 5.41) is 11.6. The Morgan fingerprint density at radius 2 is 1.79 bits per heavy atom. The van der Waals surface area contributed by atoms with Crippen LogP contribution in [0.3, 0.4) is 0 Å². The number of likely N-dealkylation sites (tertiary alicyclic amines) is 2. The highest BCUT2D eigenvalue weighted by Gasteiger charge is 2.64. The zero-order valence-corrected chi connectivity index (χ0v) is 15.7. The molecule has 2 aromatic rings. The van der Waals surface area contributed by atoms with E-state index in [-0.39, 0.29) is 30.8 Å². The summed E-state index contributed by atoms with van der Waals surface area (Å²) in [4.78, 5) is 17.8. The summed E-state index contributed by atoms with van der Waals surface area (Å²) in [7, 11) is 0. The second kappa shape index (κ2) is 6.43. The molecule has 3 aliphatic rings. The molecule has 1 aliphatic carbocycles. The van der Waals surface area contributed by atoms with E-state index in [1.807, 2.05) is 0 Å². The zero-order valence-electron chi connectivity index (χ0n) is 15.7. The minimum Gasteiger partial charge on any atom is -0.323 e. The molecule has 154 valence electrons. The van der Waals surface area contributed by atoms with Crippen LogP contribution in [0.4, 0.5) is 18.0 Å². The Bertz CT molecular complexity index is 888. The molecule has 29 heavy (non-hydrogen) atoms. The minimum atomic E-state index is -4.19. The first-order valence-corrected chi connectivity index (χ1v) is 9.81. The average Bonchev–Trinajstić information content (AvgIpc) is 3.08. The normalized spacial score (nSPS) is 23.9. The second-order valence-electron chi connectivity index (χ2n) is 8.23. The van der Waals surface area contributed by atoms with Crippen molar-refractivity contribution in [2.75, 3.05) is 26.2 Å². The highest BCUT2D eigenvalue weighted by molar-refractivity contribution is 5.76. The number of tetrazole rings is 1. The van der Waals surface area contributed by atoms with Gasteiger partial charge in [-0.2, -0.15) is 18.0 Å². The summed E-state index contributed by atoms with van der Waals surface area (Å²) in [6, 6.07) is 6.84. The van der Waals surface area contributed by atoms with Gasteiger partial charge < -0.3 is 9.80 Å². The van der Waals surface area contributed by atoms with Gasteiger partial charge in [-0.3, -0.25) is 0 Å². The maximum absolute atomic E-state index is 13.3. The summed E-state index contributed by atoms with van der Waals surface area (Å²) in [6.07, 6.45) is -1.67. The molecule has 5 rings (SSSR count). The number of halogens is 3. The Morgan fingerprint density at radius 1 is 1.07 bits per heavy atom. The van der Waals surface area contributed by atoms with Crippen molar-refractivity contribution in [1.29, 1.82) is 0 Å². The van der Waals surface area contributed by atoms with Gasteiger partial charge in [0.1, 0.15) is 0 Å². The van der Waals surface area contributed by atoms with Gasteiger partial charge in [0, 0.05) is 32.1 Å². The molecule has 2 saturated heterocycles. The third-order valence-electron chi connectivity index (χ3n) is 6.50. The quantitative estimate of drug-likeness (QED) is 0.786. The van der Waals surface area contributed by atoms with Gasteiger partial charge in [0.25, 0.3) is 0 Å². The number of carbonyl (C=O) groups is 1. The van der Waals surface area contributed by atoms with E-state index >= 15 is 0 Å². The van der Waals surface area contributed by atoms with Gasteiger partial charge in [0.2, 0.25) is 0 Å². The molecule has 2 aliphatic heterocycles. The van der Waals surface area contributed by atoms with Crippen molar-refractivity contribution >= 4 is 6.03 Å². The van der Waals surface area contributed by atoms with E-state index in [0.29, 0.717) is 31.7 Å². The van der Waals surface area contributed by atoms with E-state index in [4.69, 9.17) is 0 Å². The molecule has 3 fully saturated rings. The average molecular weight is 406 g/mol. The predicted molar refractivity (Wildman–Crippen MR) is 96.2 cm³/mol. The number of aromatic nitrogens is 4. The molecule has 0 unspecified atom stereocenters. The fraction of sp³-hybridized carbons (Fsp3) is 0.579. The lowest BCUT2D eigenvalue weighted by molar-refractivity contribution is -0.160. The van der Waals surface area contributed by atoms with Crippen molar-refractivity contribution in [3.05, 3.63) is 41.7 Å². The van der Waals surface area contributed by atoms with Crippen LogP contribution < -0.4 is 0 Å². The first kappa shape index (κ1) is 18.4. The van der Waals surface area contributed by atoms with E-state index in [1.54, 1.807) is 38.9 Å². The second-order valence-corrected chi connectivity index (χ2v) is 8.23. The van der Waals surface area contributed by atoms with Gasteiger partial charge in [0.15, 0.2) is 6.33 Å². The van der Waals surface area contributed by atoms with Crippen LogP contribution in [0.25, 0.3) is 0 Å². The molecule has 10 heteroatoms. The first-order chi connectivity index (χ1) is 13.9. The van der Waals surface area contributed by atoms with Crippen molar-refractivity contribution in [1.82, 2.24) is 30.0 Å². The van der Waals surface area contributed by atoms with Crippen LogP contribution in [0.2, 0.25) is 0 Å². The molecule has 1 aromatic heterocycles. The lowest BCUT2D eigenvalue weighted by Crippen LogP contribution is -2.53. The Morgan fingerprint density at radius 3 is 2.38 bits per heavy atom. The Kier molecular flexibility index (Phi) is 4.08. The number of carbonyl (C=O) groups excluding carboxylic acids is 1. The lowest BCUT2D eigenvalue weighted by atomic mass is 9.88. The van der Waals surface area contributed by atoms with Crippen molar-refractivity contribution in [2.24, 2.45) is 0 Å². The smallest absolute Gasteiger partial charge is 0.323 e. The van der Waals surface area contributed by atoms with Crippen LogP contribution in [-0.4, -0.2) is 68.4 Å². The fourth-order valence-electron chi connectivity index (χ4n) is 4.43. The maximum Gasteiger partial charge on any atom is 0.398 e. The van der Waals surface area contributed by atoms with Gasteiger partial charge in [-0.1, -0.05) is 24.3 Å². The fourth-order valence-corrected chi connectivity index (χ4v) is 4.43. The molecule has 3 heterocycles. The van der Waals surface area contributed by atoms with Gasteiger partial charge >= 0.3 is 12.2 Å². The third-order valence-corrected chi connectivity index (χ3v) is 6.50. The highest BCUT2D eigenvalue weighted by atomic mass is 19.4. The summed E-state index contributed by atoms with van der Waals surface area (Å²) >= 11 is 0. The number of urea groups is 1. The van der Waals surface area contributed by atoms with E-state index in [0.717, 1.165) is 12.0 Å². The van der Waals surface area contributed by atoms with Crippen molar-refractivity contribution in [3.8, 4) is 0 Å². The van der Waals surface area contributed by atoms with Gasteiger partial charge in [-0.05, 0) is 35.6 Å². The largest absolute Gasteiger partial charge is 0.398 e. The molecular formula is C19H21F3N6O. The van der Waals surface area contributed by atoms with Gasteiger partial charge in [0.05, 0.1) is 11.5 Å². The molecular weight excluding hydrogens is 385 g/mol. The number of amides is 2. The Balaban J connectivity index is 1.17. The molecule has 0 bridgehead atoms. The molecule has 0 spiro atoms. The van der Waals surface area contributed by atoms with Crippen LogP contribution in [-0.2, 0) is 5.41 Å². The highest BCUT2D eigenvalue weighted by Crippen LogP contribution is 2.58. The van der Waals surface area contributed by atoms with Crippen LogP contribution in [0.5, 0.6) is 0 Å². The first-order valence-electron chi connectivity index (χ1n) is 9.81. The summed E-state index contributed by atoms with van der Waals surface area (Å²) < 4.78 is 39.8. The van der Waals surface area contributed by atoms with Crippen LogP contribution in [0.15, 0.2) is 30.6 Å². The van der Waals surface area contributed by atoms with Crippen LogP contribution >= 0.6 is 0 Å². The van der Waals surface area contributed by atoms with Crippen molar-refractivity contribution < 1.29 is 18.0 Å². The number of hydrogen-bond acceptors (Lipinski definition) is 4. The number of alkyl halides is 3. The Hall–Kier alpha value is -2.65. The minimum absolute atomic E-state index is 0.00510. The molecule has 1 aromatic carbocycles. The Labute approximate surface area is 165 Å². The number of hydrogen-bond donors (Lipinski definition) is 0. The molecule has 2 amide bonds. The molecule has 0 N–H and O–H groups in total. The maximum atomic E-state index is 13.3. The monoisotopic (exact) mass is 406 g/mol. The zero-order chi connectivity index (χ0) is 20.2. The number of benzene rings is 1. The SMILES string of the molecule is O=C(N1CC(c2ccc(C3(C(F)(F)F)CC3)cc2)C1)N1CC[C@@H](n2ncnn2)C1. The van der Waals surface area contributed by atoms with E-state index in [9.17, 15) is 18.0 Å². The molecule has 0 radical (unpaired) electrons. The van der Waals surface area contributed by atoms with E-state index in [2.05, 4.69) is 15.4 Å². The lowest BCUT2D eigenvalue weighted by Gasteiger charge is -2.41. The van der Waals surface area contributed by atoms with Gasteiger partial charge in [-0.25, -0.2) is 4.79 Å². The summed E-state index contributed by atoms with van der Waals surface area (Å²) in [6.45, 7) is 2.39. The standard InChI is InChI=1S/C19H21F3N6O/c20-19(21,22)18(6-7-18)15-3-1-13(2-4-15)14-9-27(10-14)17(29)26-8-5-16(11-26)28-24-12-23-25-28/h1-4,12,14,16H,5-11H2/t16-/m1/s1.